The van der Waals surface area contributed by atoms with E-state index < -0.39 is 47.8 Å². The summed E-state index contributed by atoms with van der Waals surface area (Å²) in [5.41, 5.74) is 6.18. The van der Waals surface area contributed by atoms with Crippen LogP contribution in [0.3, 0.4) is 0 Å². The second-order valence-electron chi connectivity index (χ2n) is 9.15. The number of ether oxygens (including phenoxy) is 2. The van der Waals surface area contributed by atoms with Crippen LogP contribution in [-0.2, 0) is 27.2 Å². The summed E-state index contributed by atoms with van der Waals surface area (Å²) in [7, 11) is -4.00. The molecule has 0 spiro atoms. The van der Waals surface area contributed by atoms with Crippen LogP contribution in [0.5, 0.6) is 0 Å². The number of nitrogen functional groups attached to an aromatic ring is 1. The number of rotatable bonds is 2. The fourth-order valence-electron chi connectivity index (χ4n) is 3.56. The molecule has 2 aromatic rings. The molecule has 0 unspecified atom stereocenters. The van der Waals surface area contributed by atoms with Crippen LogP contribution in [0.25, 0.3) is 11.2 Å². The molecule has 1 radical (unpaired) electrons. The van der Waals surface area contributed by atoms with Crippen LogP contribution in [0.2, 0.25) is 19.6 Å². The van der Waals surface area contributed by atoms with E-state index in [9.17, 15) is 4.79 Å². The van der Waals surface area contributed by atoms with Gasteiger partial charge in [0.05, 0.1) is 18.3 Å². The van der Waals surface area contributed by atoms with E-state index in [2.05, 4.69) is 15.0 Å². The predicted octanol–water partition coefficient (Wildman–Crippen LogP) is 1.52. The van der Waals surface area contributed by atoms with Crippen molar-refractivity contribution in [3.63, 3.8) is 0 Å². The maximum Gasteiger partial charge on any atom is 0.372 e. The summed E-state index contributed by atoms with van der Waals surface area (Å²) in [4.78, 5) is 25.4. The molecule has 2 N–H and O–H groups in total. The number of nitrogens with two attached hydrogens (primary N) is 1. The van der Waals surface area contributed by atoms with E-state index in [1.54, 1.807) is 31.7 Å². The van der Waals surface area contributed by atoms with E-state index in [1.165, 1.54) is 6.33 Å². The highest BCUT2D eigenvalue weighted by Crippen LogP contribution is 2.38. The first-order chi connectivity index (χ1) is 14.5. The van der Waals surface area contributed by atoms with E-state index in [4.69, 9.17) is 28.2 Å². The second kappa shape index (κ2) is 7.90. The summed E-state index contributed by atoms with van der Waals surface area (Å²) < 4.78 is 32.4. The van der Waals surface area contributed by atoms with Crippen molar-refractivity contribution < 1.29 is 27.2 Å². The Balaban J connectivity index is 1.73. The molecule has 2 fully saturated rings. The fraction of sp³-hybridized carbons (Fsp3) is 0.667. The van der Waals surface area contributed by atoms with Gasteiger partial charge >= 0.3 is 23.8 Å². The van der Waals surface area contributed by atoms with Gasteiger partial charge in [0.1, 0.15) is 24.1 Å². The van der Waals surface area contributed by atoms with Crippen molar-refractivity contribution in [3.8, 4) is 0 Å². The Morgan fingerprint density at radius 3 is 2.77 bits per heavy atom. The van der Waals surface area contributed by atoms with Gasteiger partial charge in [-0.3, -0.25) is 9.36 Å². The highest BCUT2D eigenvalue weighted by molar-refractivity contribution is 6.71. The molecule has 13 heteroatoms. The van der Waals surface area contributed by atoms with Gasteiger partial charge < -0.3 is 28.2 Å². The molecule has 0 aromatic carbocycles. The third kappa shape index (κ3) is 4.38. The fourth-order valence-corrected chi connectivity index (χ4v) is 8.00. The number of esters is 1. The highest BCUT2D eigenvalue weighted by Gasteiger charge is 2.53. The molecule has 4 atom stereocenters. The first kappa shape index (κ1) is 22.3. The first-order valence-electron chi connectivity index (χ1n) is 10.1. The van der Waals surface area contributed by atoms with E-state index in [0.717, 1.165) is 0 Å². The molecule has 169 valence electrons. The van der Waals surface area contributed by atoms with Crippen molar-refractivity contribution in [2.45, 2.75) is 65.0 Å². The lowest BCUT2D eigenvalue weighted by Crippen LogP contribution is -2.52. The molecule has 0 aliphatic carbocycles. The van der Waals surface area contributed by atoms with Gasteiger partial charge in [-0.05, 0) is 40.4 Å². The molecular weight excluding hydrogens is 438 g/mol. The molecular formula is C18H28N5O6Si2. The highest BCUT2D eigenvalue weighted by atomic mass is 28.4. The smallest absolute Gasteiger partial charge is 0.372 e. The molecule has 11 nitrogen and oxygen atoms in total. The molecule has 2 aliphatic heterocycles. The number of hydrogen-bond donors (Lipinski definition) is 1. The molecule has 31 heavy (non-hydrogen) atoms. The Morgan fingerprint density at radius 1 is 1.32 bits per heavy atom. The van der Waals surface area contributed by atoms with Crippen LogP contribution >= 0.6 is 0 Å². The van der Waals surface area contributed by atoms with Gasteiger partial charge in [0.25, 0.3) is 0 Å². The minimum Gasteiger partial charge on any atom is -0.454 e. The molecule has 2 saturated heterocycles. The second-order valence-corrected chi connectivity index (χ2v) is 14.3. The van der Waals surface area contributed by atoms with Crippen LogP contribution in [0.1, 0.15) is 27.0 Å². The van der Waals surface area contributed by atoms with Gasteiger partial charge in [-0.1, -0.05) is 0 Å². The van der Waals surface area contributed by atoms with Gasteiger partial charge in [-0.15, -0.1) is 0 Å². The third-order valence-electron chi connectivity index (χ3n) is 5.09. The summed E-state index contributed by atoms with van der Waals surface area (Å²) in [5.74, 6) is -0.104. The van der Waals surface area contributed by atoms with Crippen LogP contribution in [0, 0.1) is 5.41 Å². The van der Waals surface area contributed by atoms with Crippen molar-refractivity contribution in [1.82, 2.24) is 19.5 Å². The zero-order chi connectivity index (χ0) is 22.6. The SMILES string of the molecule is C[Si]1O[C@H]2[C@@H](OC(=O)C(C)(C)C)[C@H](n3cnc4c(N)ncnc43)O[C@@H]2CO[Si](C)(C)O1. The van der Waals surface area contributed by atoms with E-state index in [1.807, 2.05) is 19.6 Å². The van der Waals surface area contributed by atoms with Crippen molar-refractivity contribution >= 4 is 40.8 Å². The normalized spacial score (nSPS) is 29.4. The molecule has 2 aliphatic rings. The molecule has 0 bridgehead atoms. The number of aromatic nitrogens is 4. The number of fused-ring (bicyclic) bond motifs is 2. The van der Waals surface area contributed by atoms with Crippen LogP contribution < -0.4 is 5.73 Å². The molecule has 4 heterocycles. The van der Waals surface area contributed by atoms with Gasteiger partial charge in [0, 0.05) is 0 Å². The lowest BCUT2D eigenvalue weighted by molar-refractivity contribution is -0.167. The Hall–Kier alpha value is -1.91. The summed E-state index contributed by atoms with van der Waals surface area (Å²) >= 11 is 0. The Bertz CT molecular complexity index is 980. The Labute approximate surface area is 183 Å². The van der Waals surface area contributed by atoms with Crippen LogP contribution in [-0.4, -0.2) is 68.3 Å². The van der Waals surface area contributed by atoms with Crippen molar-refractivity contribution in [2.24, 2.45) is 5.41 Å². The first-order valence-corrected chi connectivity index (χ1v) is 14.7. The number of carbonyl (C=O) groups excluding carboxylic acids is 1. The predicted molar refractivity (Wildman–Crippen MR) is 114 cm³/mol. The molecule has 4 rings (SSSR count). The summed E-state index contributed by atoms with van der Waals surface area (Å²) in [6, 6.07) is 0. The van der Waals surface area contributed by atoms with E-state index in [0.29, 0.717) is 11.2 Å². The summed E-state index contributed by atoms with van der Waals surface area (Å²) in [6.07, 6.45) is 0.443. The lowest BCUT2D eigenvalue weighted by atomic mass is 9.97. The van der Waals surface area contributed by atoms with Crippen molar-refractivity contribution in [1.29, 1.82) is 0 Å². The Morgan fingerprint density at radius 2 is 2.06 bits per heavy atom. The topological polar surface area (TPSA) is 133 Å². The van der Waals surface area contributed by atoms with Gasteiger partial charge in [-0.2, -0.15) is 0 Å². The Kier molecular flexibility index (Phi) is 5.68. The summed E-state index contributed by atoms with van der Waals surface area (Å²) in [5, 5.41) is 0. The number of nitrogens with zero attached hydrogens (tertiary/aromatic N) is 4. The number of hydrogen-bond acceptors (Lipinski definition) is 10. The van der Waals surface area contributed by atoms with E-state index in [-0.39, 0.29) is 18.4 Å². The number of imidazole rings is 1. The quantitative estimate of drug-likeness (QED) is 0.513. The largest absolute Gasteiger partial charge is 0.454 e. The van der Waals surface area contributed by atoms with Crippen LogP contribution in [0.15, 0.2) is 12.7 Å². The molecule has 0 saturated carbocycles. The standard InChI is InChI=1S/C18H28N5O6Si2/c1-18(2,3)17(24)27-13-12-10(7-25-31(5,6)29-30(4)28-12)26-16(13)23-9-22-11-14(19)20-8-21-15(11)23/h8-10,12-13,16H,7H2,1-6H3,(H2,19,20,21)/t10-,12-,13-,16-/m1/s1. The minimum atomic E-state index is -2.34. The van der Waals surface area contributed by atoms with Gasteiger partial charge in [0.2, 0.25) is 0 Å². The third-order valence-corrected chi connectivity index (χ3v) is 9.67. The lowest BCUT2D eigenvalue weighted by Gasteiger charge is -2.34. The van der Waals surface area contributed by atoms with Crippen molar-refractivity contribution in [2.75, 3.05) is 12.3 Å². The van der Waals surface area contributed by atoms with E-state index >= 15 is 0 Å². The maximum absolute atomic E-state index is 12.8. The summed E-state index contributed by atoms with van der Waals surface area (Å²) in [6.45, 7) is 11.5. The zero-order valence-corrected chi connectivity index (χ0v) is 20.5. The van der Waals surface area contributed by atoms with Gasteiger partial charge in [0.15, 0.2) is 23.8 Å². The minimum absolute atomic E-state index is 0.260. The monoisotopic (exact) mass is 466 g/mol. The number of carbonyl (C=O) groups is 1. The average Bonchev–Trinajstić information content (AvgIpc) is 3.21. The zero-order valence-electron chi connectivity index (χ0n) is 18.5. The molecule has 0 amide bonds. The average molecular weight is 467 g/mol. The number of anilines is 1. The van der Waals surface area contributed by atoms with Crippen molar-refractivity contribution in [3.05, 3.63) is 12.7 Å². The van der Waals surface area contributed by atoms with Crippen LogP contribution in [0.4, 0.5) is 5.82 Å². The molecule has 2 aromatic heterocycles. The van der Waals surface area contributed by atoms with Gasteiger partial charge in [-0.25, -0.2) is 15.0 Å². The maximum atomic E-state index is 12.8.